The summed E-state index contributed by atoms with van der Waals surface area (Å²) in [7, 11) is 0. The minimum atomic E-state index is -0.330. The number of nitrogens with one attached hydrogen (secondary N) is 1. The van der Waals surface area contributed by atoms with Crippen molar-refractivity contribution in [1.82, 2.24) is 15.0 Å². The van der Waals surface area contributed by atoms with Crippen LogP contribution in [0.4, 0.5) is 0 Å². The van der Waals surface area contributed by atoms with Crippen LogP contribution in [0, 0.1) is 0 Å². The quantitative estimate of drug-likeness (QED) is 0.222. The van der Waals surface area contributed by atoms with E-state index in [1.807, 2.05) is 35.7 Å². The van der Waals surface area contributed by atoms with E-state index in [9.17, 15) is 9.59 Å². The van der Waals surface area contributed by atoms with Crippen LogP contribution in [0.2, 0.25) is 0 Å². The molecule has 1 amide bonds. The van der Waals surface area contributed by atoms with Crippen LogP contribution in [-0.4, -0.2) is 21.2 Å². The van der Waals surface area contributed by atoms with E-state index in [0.29, 0.717) is 21.1 Å². The van der Waals surface area contributed by atoms with Crippen molar-refractivity contribution in [1.29, 1.82) is 0 Å². The average Bonchev–Trinajstić information content (AvgIpc) is 3.17. The molecule has 0 fully saturated rings. The summed E-state index contributed by atoms with van der Waals surface area (Å²) >= 11 is 2.63. The lowest BCUT2D eigenvalue weighted by Gasteiger charge is -2.13. The number of carbonyl (C=O) groups is 1. The fraction of sp³-hybridized carbons (Fsp3) is 0.150. The highest BCUT2D eigenvalue weighted by Gasteiger charge is 2.19. The van der Waals surface area contributed by atoms with Crippen molar-refractivity contribution in [2.75, 3.05) is 5.75 Å². The van der Waals surface area contributed by atoms with Crippen molar-refractivity contribution in [3.63, 3.8) is 0 Å². The summed E-state index contributed by atoms with van der Waals surface area (Å²) in [4.78, 5) is 30.5. The Morgan fingerprint density at radius 1 is 1.29 bits per heavy atom. The van der Waals surface area contributed by atoms with E-state index >= 15 is 0 Å². The largest absolute Gasteiger partial charge is 0.294 e. The molecule has 142 valence electrons. The van der Waals surface area contributed by atoms with Gasteiger partial charge in [-0.3, -0.25) is 19.6 Å². The van der Waals surface area contributed by atoms with E-state index in [2.05, 4.69) is 23.7 Å². The summed E-state index contributed by atoms with van der Waals surface area (Å²) in [6, 6.07) is 9.34. The molecule has 0 radical (unpaired) electrons. The Kier molecular flexibility index (Phi) is 5.43. The number of allylic oxidation sites excluding steroid dienone is 4. The van der Waals surface area contributed by atoms with Gasteiger partial charge in [0.1, 0.15) is 4.83 Å². The van der Waals surface area contributed by atoms with Gasteiger partial charge in [0.2, 0.25) is 5.91 Å². The Morgan fingerprint density at radius 3 is 2.82 bits per heavy atom. The first-order valence-electron chi connectivity index (χ1n) is 8.78. The number of hydrogen-bond donors (Lipinski definition) is 2. The maximum Gasteiger partial charge on any atom is 0.268 e. The average molecular weight is 411 g/mol. The van der Waals surface area contributed by atoms with Gasteiger partial charge in [0.05, 0.1) is 16.8 Å². The Bertz CT molecular complexity index is 1150. The summed E-state index contributed by atoms with van der Waals surface area (Å²) in [5.74, 6) is 4.93. The lowest BCUT2D eigenvalue weighted by molar-refractivity contribution is -0.118. The third-order valence-corrected chi connectivity index (χ3v) is 6.20. The van der Waals surface area contributed by atoms with Crippen LogP contribution >= 0.6 is 23.1 Å². The highest BCUT2D eigenvalue weighted by atomic mass is 32.2. The van der Waals surface area contributed by atoms with E-state index < -0.39 is 0 Å². The number of aromatic nitrogens is 2. The molecule has 1 aliphatic rings. The van der Waals surface area contributed by atoms with Gasteiger partial charge in [-0.1, -0.05) is 48.2 Å². The van der Waals surface area contributed by atoms with Gasteiger partial charge in [-0.15, -0.1) is 11.3 Å². The predicted molar refractivity (Wildman–Crippen MR) is 115 cm³/mol. The SMILES string of the molecule is NNC(=O)CSc1nc2scc(C3=CCCC=C3)c2c(=O)n1-c1ccccc1. The standard InChI is InChI=1S/C20H18N4O2S2/c21-23-16(25)12-28-20-22-18-17(15(11-27-18)13-7-3-1-4-8-13)19(26)24(20)14-9-5-2-6-10-14/h2-3,5-11H,1,4,12,21H2,(H,23,25). The van der Waals surface area contributed by atoms with Gasteiger partial charge < -0.3 is 0 Å². The molecule has 1 aromatic carbocycles. The summed E-state index contributed by atoms with van der Waals surface area (Å²) in [5.41, 5.74) is 4.65. The normalized spacial score (nSPS) is 13.5. The minimum Gasteiger partial charge on any atom is -0.294 e. The molecule has 28 heavy (non-hydrogen) atoms. The van der Waals surface area contributed by atoms with Gasteiger partial charge in [-0.2, -0.15) is 0 Å². The van der Waals surface area contributed by atoms with Crippen LogP contribution in [0.3, 0.4) is 0 Å². The Hall–Kier alpha value is -2.68. The summed E-state index contributed by atoms with van der Waals surface area (Å²) in [5, 5.41) is 3.06. The zero-order valence-electron chi connectivity index (χ0n) is 14.9. The summed E-state index contributed by atoms with van der Waals surface area (Å²) < 4.78 is 1.57. The van der Waals surface area contributed by atoms with E-state index in [-0.39, 0.29) is 17.2 Å². The first kappa shape index (κ1) is 18.7. The summed E-state index contributed by atoms with van der Waals surface area (Å²) in [6.07, 6.45) is 8.32. The van der Waals surface area contributed by atoms with Crippen molar-refractivity contribution in [3.8, 4) is 5.69 Å². The number of para-hydroxylation sites is 1. The van der Waals surface area contributed by atoms with E-state index in [4.69, 9.17) is 10.8 Å². The van der Waals surface area contributed by atoms with Crippen LogP contribution in [-0.2, 0) is 4.79 Å². The first-order valence-corrected chi connectivity index (χ1v) is 10.6. The van der Waals surface area contributed by atoms with Crippen LogP contribution < -0.4 is 16.8 Å². The van der Waals surface area contributed by atoms with Crippen LogP contribution in [0.15, 0.2) is 63.9 Å². The van der Waals surface area contributed by atoms with Crippen LogP contribution in [0.1, 0.15) is 18.4 Å². The third kappa shape index (κ3) is 3.54. The van der Waals surface area contributed by atoms with Crippen molar-refractivity contribution in [2.45, 2.75) is 18.0 Å². The highest BCUT2D eigenvalue weighted by Crippen LogP contribution is 2.32. The fourth-order valence-electron chi connectivity index (χ4n) is 3.07. The van der Waals surface area contributed by atoms with Gasteiger partial charge in [-0.05, 0) is 30.5 Å². The molecule has 6 nitrogen and oxygen atoms in total. The van der Waals surface area contributed by atoms with Crippen molar-refractivity contribution in [3.05, 3.63) is 69.9 Å². The monoisotopic (exact) mass is 410 g/mol. The van der Waals surface area contributed by atoms with Crippen molar-refractivity contribution >= 4 is 44.8 Å². The molecular formula is C20H18N4O2S2. The molecule has 1 aliphatic carbocycles. The molecule has 0 saturated heterocycles. The fourth-order valence-corrected chi connectivity index (χ4v) is 4.88. The number of nitrogens with two attached hydrogens (primary N) is 1. The van der Waals surface area contributed by atoms with E-state index in [1.54, 1.807) is 4.57 Å². The second kappa shape index (κ2) is 8.14. The Balaban J connectivity index is 1.92. The number of carbonyl (C=O) groups excluding carboxylic acids is 1. The molecule has 0 spiro atoms. The molecule has 2 aromatic heterocycles. The molecular weight excluding hydrogens is 392 g/mol. The molecule has 0 aliphatic heterocycles. The maximum atomic E-state index is 13.5. The predicted octanol–water partition coefficient (Wildman–Crippen LogP) is 3.26. The molecule has 3 N–H and O–H groups in total. The van der Waals surface area contributed by atoms with Crippen molar-refractivity contribution in [2.24, 2.45) is 5.84 Å². The lowest BCUT2D eigenvalue weighted by Crippen LogP contribution is -2.32. The van der Waals surface area contributed by atoms with Gasteiger partial charge in [-0.25, -0.2) is 10.8 Å². The number of fused-ring (bicyclic) bond motifs is 1. The first-order chi connectivity index (χ1) is 13.7. The Morgan fingerprint density at radius 2 is 2.11 bits per heavy atom. The summed E-state index contributed by atoms with van der Waals surface area (Å²) in [6.45, 7) is 0. The van der Waals surface area contributed by atoms with E-state index in [1.165, 1.54) is 23.1 Å². The van der Waals surface area contributed by atoms with Gasteiger partial charge >= 0.3 is 0 Å². The minimum absolute atomic E-state index is 0.0768. The molecule has 0 atom stereocenters. The zero-order chi connectivity index (χ0) is 19.5. The second-order valence-corrected chi connectivity index (χ2v) is 8.00. The van der Waals surface area contributed by atoms with Crippen LogP contribution in [0.25, 0.3) is 21.5 Å². The van der Waals surface area contributed by atoms with Crippen molar-refractivity contribution < 1.29 is 4.79 Å². The number of rotatable bonds is 5. The number of benzene rings is 1. The van der Waals surface area contributed by atoms with Gasteiger partial charge in [0.25, 0.3) is 5.56 Å². The number of nitrogens with zero attached hydrogens (tertiary/aromatic N) is 2. The van der Waals surface area contributed by atoms with Gasteiger partial charge in [0, 0.05) is 10.9 Å². The lowest BCUT2D eigenvalue weighted by atomic mass is 10.0. The van der Waals surface area contributed by atoms with Crippen LogP contribution in [0.5, 0.6) is 0 Å². The smallest absolute Gasteiger partial charge is 0.268 e. The van der Waals surface area contributed by atoms with Gasteiger partial charge in [0.15, 0.2) is 5.16 Å². The number of hydrogen-bond acceptors (Lipinski definition) is 6. The molecule has 0 bridgehead atoms. The molecule has 0 unspecified atom stereocenters. The molecule has 2 heterocycles. The number of thioether (sulfide) groups is 1. The van der Waals surface area contributed by atoms with E-state index in [0.717, 1.165) is 24.0 Å². The topological polar surface area (TPSA) is 90.0 Å². The zero-order valence-corrected chi connectivity index (χ0v) is 16.6. The molecule has 8 heteroatoms. The number of thiophene rings is 1. The molecule has 3 aromatic rings. The maximum absolute atomic E-state index is 13.5. The number of hydrazine groups is 1. The Labute approximate surface area is 169 Å². The third-order valence-electron chi connectivity index (χ3n) is 4.39. The molecule has 4 rings (SSSR count). The number of amides is 1. The molecule has 0 saturated carbocycles. The second-order valence-electron chi connectivity index (χ2n) is 6.20. The highest BCUT2D eigenvalue weighted by molar-refractivity contribution is 7.99.